The lowest BCUT2D eigenvalue weighted by Crippen LogP contribution is -2.35. The maximum absolute atomic E-state index is 12.0. The number of benzene rings is 1. The number of rotatable bonds is 7. The minimum atomic E-state index is -0.386. The predicted molar refractivity (Wildman–Crippen MR) is 83.4 cm³/mol. The van der Waals surface area contributed by atoms with E-state index in [2.05, 4.69) is 28.8 Å². The predicted octanol–water partition coefficient (Wildman–Crippen LogP) is 2.53. The quantitative estimate of drug-likeness (QED) is 0.785. The molecule has 5 heteroatoms. The van der Waals surface area contributed by atoms with Crippen LogP contribution in [0.25, 0.3) is 0 Å². The second-order valence-corrected chi connectivity index (χ2v) is 4.89. The lowest BCUT2D eigenvalue weighted by molar-refractivity contribution is -0.117. The molecule has 1 rings (SSSR count). The van der Waals surface area contributed by atoms with Crippen molar-refractivity contribution in [3.8, 4) is 0 Å². The van der Waals surface area contributed by atoms with E-state index in [9.17, 15) is 9.59 Å². The summed E-state index contributed by atoms with van der Waals surface area (Å²) in [7, 11) is 1.34. The van der Waals surface area contributed by atoms with E-state index < -0.39 is 0 Å². The summed E-state index contributed by atoms with van der Waals surface area (Å²) >= 11 is 0. The minimum Gasteiger partial charge on any atom is -0.465 e. The van der Waals surface area contributed by atoms with Gasteiger partial charge >= 0.3 is 5.97 Å². The zero-order chi connectivity index (χ0) is 15.8. The lowest BCUT2D eigenvalue weighted by Gasteiger charge is -2.25. The molecular formula is C16H24N2O3. The van der Waals surface area contributed by atoms with Crippen molar-refractivity contribution in [2.75, 3.05) is 25.5 Å². The molecule has 116 valence electrons. The molecule has 0 fully saturated rings. The van der Waals surface area contributed by atoms with E-state index in [0.717, 1.165) is 13.1 Å². The molecule has 1 atom stereocenters. The van der Waals surface area contributed by atoms with Gasteiger partial charge in [0.1, 0.15) is 0 Å². The van der Waals surface area contributed by atoms with E-state index >= 15 is 0 Å². The van der Waals surface area contributed by atoms with Crippen molar-refractivity contribution in [1.82, 2.24) is 4.90 Å². The van der Waals surface area contributed by atoms with E-state index in [1.165, 1.54) is 7.11 Å². The summed E-state index contributed by atoms with van der Waals surface area (Å²) in [6.07, 6.45) is 0.445. The van der Waals surface area contributed by atoms with E-state index in [0.29, 0.717) is 17.7 Å². The highest BCUT2D eigenvalue weighted by Gasteiger charge is 2.14. The fourth-order valence-corrected chi connectivity index (χ4v) is 2.26. The highest BCUT2D eigenvalue weighted by Crippen LogP contribution is 2.12. The van der Waals surface area contributed by atoms with Crippen LogP contribution in [0, 0.1) is 0 Å². The number of nitrogens with zero attached hydrogens (tertiary/aromatic N) is 1. The van der Waals surface area contributed by atoms with Gasteiger partial charge in [0.15, 0.2) is 0 Å². The van der Waals surface area contributed by atoms with Crippen molar-refractivity contribution in [2.45, 2.75) is 33.2 Å². The highest BCUT2D eigenvalue weighted by atomic mass is 16.5. The summed E-state index contributed by atoms with van der Waals surface area (Å²) in [5.74, 6) is -0.414. The molecule has 1 aromatic carbocycles. The number of nitrogens with one attached hydrogen (secondary N) is 1. The number of esters is 1. The number of carbonyl (C=O) groups excluding carboxylic acids is 2. The first-order valence-corrected chi connectivity index (χ1v) is 7.24. The summed E-state index contributed by atoms with van der Waals surface area (Å²) in [5.41, 5.74) is 1.14. The van der Waals surface area contributed by atoms with Crippen molar-refractivity contribution in [3.05, 3.63) is 29.8 Å². The van der Waals surface area contributed by atoms with Gasteiger partial charge in [-0.2, -0.15) is 0 Å². The van der Waals surface area contributed by atoms with Crippen molar-refractivity contribution < 1.29 is 14.3 Å². The van der Waals surface area contributed by atoms with Crippen LogP contribution in [0.2, 0.25) is 0 Å². The Kier molecular flexibility index (Phi) is 6.88. The Morgan fingerprint density at radius 3 is 2.24 bits per heavy atom. The largest absolute Gasteiger partial charge is 0.465 e. The van der Waals surface area contributed by atoms with E-state index in [1.807, 2.05) is 6.92 Å². The van der Waals surface area contributed by atoms with Crippen LogP contribution in [0.1, 0.15) is 37.6 Å². The Labute approximate surface area is 126 Å². The first kappa shape index (κ1) is 17.2. The maximum Gasteiger partial charge on any atom is 0.337 e. The number of hydrogen-bond donors (Lipinski definition) is 1. The zero-order valence-electron chi connectivity index (χ0n) is 13.2. The van der Waals surface area contributed by atoms with Crippen molar-refractivity contribution in [3.63, 3.8) is 0 Å². The van der Waals surface area contributed by atoms with Crippen LogP contribution >= 0.6 is 0 Å². The molecule has 0 heterocycles. The van der Waals surface area contributed by atoms with Gasteiger partial charge in [-0.05, 0) is 44.3 Å². The minimum absolute atomic E-state index is 0.0276. The Morgan fingerprint density at radius 2 is 1.76 bits per heavy atom. The summed E-state index contributed by atoms with van der Waals surface area (Å²) in [6.45, 7) is 8.08. The number of ether oxygens (including phenoxy) is 1. The maximum atomic E-state index is 12.0. The Hall–Kier alpha value is -1.88. The topological polar surface area (TPSA) is 58.6 Å². The monoisotopic (exact) mass is 292 g/mol. The van der Waals surface area contributed by atoms with Crippen LogP contribution in [-0.4, -0.2) is 43.0 Å². The first-order valence-electron chi connectivity index (χ1n) is 7.24. The van der Waals surface area contributed by atoms with Gasteiger partial charge in [-0.3, -0.25) is 4.79 Å². The first-order chi connectivity index (χ1) is 10.0. The summed E-state index contributed by atoms with van der Waals surface area (Å²) < 4.78 is 4.63. The number of amides is 1. The molecule has 0 aromatic heterocycles. The summed E-state index contributed by atoms with van der Waals surface area (Å²) in [6, 6.07) is 6.87. The Balaban J connectivity index is 2.57. The third kappa shape index (κ3) is 5.19. The molecule has 0 saturated carbocycles. The Bertz CT molecular complexity index is 467. The lowest BCUT2D eigenvalue weighted by atomic mass is 10.1. The summed E-state index contributed by atoms with van der Waals surface area (Å²) in [4.78, 5) is 25.6. The van der Waals surface area contributed by atoms with E-state index in [-0.39, 0.29) is 17.9 Å². The molecule has 1 amide bonds. The molecule has 0 aliphatic rings. The molecule has 0 bridgehead atoms. The molecule has 0 aliphatic carbocycles. The second-order valence-electron chi connectivity index (χ2n) is 4.89. The Morgan fingerprint density at radius 1 is 1.19 bits per heavy atom. The number of methoxy groups -OCH3 is 1. The molecule has 0 saturated heterocycles. The van der Waals surface area contributed by atoms with Crippen LogP contribution < -0.4 is 5.32 Å². The SMILES string of the molecule is CCN(CC)C(C)CC(=O)Nc1ccc(C(=O)OC)cc1. The van der Waals surface area contributed by atoms with Gasteiger partial charge in [-0.1, -0.05) is 13.8 Å². The van der Waals surface area contributed by atoms with Crippen molar-refractivity contribution in [2.24, 2.45) is 0 Å². The zero-order valence-corrected chi connectivity index (χ0v) is 13.2. The van der Waals surface area contributed by atoms with Crippen LogP contribution in [0.3, 0.4) is 0 Å². The summed E-state index contributed by atoms with van der Waals surface area (Å²) in [5, 5.41) is 2.84. The standard InChI is InChI=1S/C16H24N2O3/c1-5-18(6-2)12(3)11-15(19)17-14-9-7-13(8-10-14)16(20)21-4/h7-10,12H,5-6,11H2,1-4H3,(H,17,19). The highest BCUT2D eigenvalue weighted by molar-refractivity contribution is 5.93. The molecule has 1 unspecified atom stereocenters. The van der Waals surface area contributed by atoms with Crippen molar-refractivity contribution >= 4 is 17.6 Å². The molecule has 0 spiro atoms. The molecule has 0 aliphatic heterocycles. The normalized spacial score (nSPS) is 12.0. The smallest absolute Gasteiger partial charge is 0.337 e. The molecule has 1 N–H and O–H groups in total. The average molecular weight is 292 g/mol. The number of hydrogen-bond acceptors (Lipinski definition) is 4. The third-order valence-corrected chi connectivity index (χ3v) is 3.51. The third-order valence-electron chi connectivity index (χ3n) is 3.51. The molecule has 1 aromatic rings. The van der Waals surface area contributed by atoms with Crippen molar-refractivity contribution in [1.29, 1.82) is 0 Å². The fraction of sp³-hybridized carbons (Fsp3) is 0.500. The van der Waals surface area contributed by atoms with Gasteiger partial charge in [-0.15, -0.1) is 0 Å². The van der Waals surface area contributed by atoms with Gasteiger partial charge in [0.05, 0.1) is 12.7 Å². The van der Waals surface area contributed by atoms with E-state index in [4.69, 9.17) is 0 Å². The fourth-order valence-electron chi connectivity index (χ4n) is 2.26. The van der Waals surface area contributed by atoms with Gasteiger partial charge in [0.2, 0.25) is 5.91 Å². The molecular weight excluding hydrogens is 268 g/mol. The molecule has 5 nitrogen and oxygen atoms in total. The van der Waals surface area contributed by atoms with Gasteiger partial charge in [0, 0.05) is 18.2 Å². The number of carbonyl (C=O) groups is 2. The van der Waals surface area contributed by atoms with Crippen LogP contribution in [-0.2, 0) is 9.53 Å². The van der Waals surface area contributed by atoms with Gasteiger partial charge < -0.3 is 15.0 Å². The second kappa shape index (κ2) is 8.42. The van der Waals surface area contributed by atoms with Crippen LogP contribution in [0.15, 0.2) is 24.3 Å². The van der Waals surface area contributed by atoms with E-state index in [1.54, 1.807) is 24.3 Å². The van der Waals surface area contributed by atoms with Gasteiger partial charge in [0.25, 0.3) is 0 Å². The molecule has 21 heavy (non-hydrogen) atoms. The average Bonchev–Trinajstić information content (AvgIpc) is 2.48. The van der Waals surface area contributed by atoms with Crippen LogP contribution in [0.4, 0.5) is 5.69 Å². The molecule has 0 radical (unpaired) electrons. The van der Waals surface area contributed by atoms with Gasteiger partial charge in [-0.25, -0.2) is 4.79 Å². The number of anilines is 1. The van der Waals surface area contributed by atoms with Crippen LogP contribution in [0.5, 0.6) is 0 Å².